The Kier molecular flexibility index (Phi) is 9.93. The third kappa shape index (κ3) is 7.52. The van der Waals surface area contributed by atoms with Crippen LogP contribution >= 0.6 is 0 Å². The fraction of sp³-hybridized carbons (Fsp3) is 0.629. The van der Waals surface area contributed by atoms with E-state index < -0.39 is 0 Å². The molecule has 2 fully saturated rings. The molecule has 0 bridgehead atoms. The van der Waals surface area contributed by atoms with Crippen LogP contribution in [0.2, 0.25) is 0 Å². The quantitative estimate of drug-likeness (QED) is 0.225. The molecule has 214 valence electrons. The van der Waals surface area contributed by atoms with Crippen molar-refractivity contribution >= 4 is 5.97 Å². The zero-order valence-electron chi connectivity index (χ0n) is 25.3. The number of hydroxylamine groups is 2. The average Bonchev–Trinajstić information content (AvgIpc) is 2.91. The highest BCUT2D eigenvalue weighted by Gasteiger charge is 2.47. The molecule has 1 heterocycles. The van der Waals surface area contributed by atoms with Gasteiger partial charge < -0.3 is 4.74 Å². The largest absolute Gasteiger partial charge is 0.459 e. The van der Waals surface area contributed by atoms with Crippen molar-refractivity contribution in [1.82, 2.24) is 5.06 Å². The lowest BCUT2D eigenvalue weighted by atomic mass is 9.77. The molecule has 0 N–H and O–H groups in total. The molecule has 1 aliphatic heterocycles. The topological polar surface area (TPSA) is 38.8 Å². The van der Waals surface area contributed by atoms with Crippen LogP contribution < -0.4 is 0 Å². The molecule has 2 aromatic carbocycles. The second-order valence-corrected chi connectivity index (χ2v) is 13.2. The van der Waals surface area contributed by atoms with Gasteiger partial charge in [-0.15, -0.1) is 0 Å². The summed E-state index contributed by atoms with van der Waals surface area (Å²) < 4.78 is 6.02. The summed E-state index contributed by atoms with van der Waals surface area (Å²) in [4.78, 5) is 19.0. The Labute approximate surface area is 237 Å². The van der Waals surface area contributed by atoms with E-state index in [0.717, 1.165) is 24.3 Å². The Morgan fingerprint density at radius 3 is 1.92 bits per heavy atom. The number of piperidine rings is 1. The van der Waals surface area contributed by atoms with E-state index in [9.17, 15) is 4.79 Å². The molecule has 2 aromatic rings. The summed E-state index contributed by atoms with van der Waals surface area (Å²) >= 11 is 0. The first-order valence-electron chi connectivity index (χ1n) is 15.5. The van der Waals surface area contributed by atoms with Crippen LogP contribution in [0.25, 0.3) is 11.1 Å². The first kappa shape index (κ1) is 29.8. The molecule has 0 unspecified atom stereocenters. The molecule has 4 rings (SSSR count). The molecule has 39 heavy (non-hydrogen) atoms. The van der Waals surface area contributed by atoms with Gasteiger partial charge in [0.2, 0.25) is 0 Å². The number of hydrogen-bond donors (Lipinski definition) is 0. The maximum absolute atomic E-state index is 13.0. The standard InChI is InChI=1S/C35H51NO3/c1-7-9-10-11-26-12-14-27(15-13-26)28-16-18-29(19-17-28)30-20-22-31(23-21-30)33(37)39-32-24-34(3,4)36(38-8-2)35(5,6)25-32/h16-23,26-27,32H,7-15,24-25H2,1-6H3. The van der Waals surface area contributed by atoms with Gasteiger partial charge in [0.25, 0.3) is 0 Å². The molecule has 4 nitrogen and oxygen atoms in total. The second kappa shape index (κ2) is 13.0. The first-order valence-corrected chi connectivity index (χ1v) is 15.5. The fourth-order valence-corrected chi connectivity index (χ4v) is 7.17. The molecule has 0 amide bonds. The SMILES string of the molecule is CCCCCC1CCC(c2ccc(-c3ccc(C(=O)OC4CC(C)(C)N(OCC)C(C)(C)C4)cc3)cc2)CC1. The van der Waals surface area contributed by atoms with Gasteiger partial charge in [0.05, 0.1) is 12.2 Å². The zero-order valence-corrected chi connectivity index (χ0v) is 25.3. The summed E-state index contributed by atoms with van der Waals surface area (Å²) in [6.45, 7) is 13.6. The molecule has 0 spiro atoms. The summed E-state index contributed by atoms with van der Waals surface area (Å²) in [6.07, 6.45) is 12.3. The maximum atomic E-state index is 13.0. The van der Waals surface area contributed by atoms with E-state index in [1.54, 1.807) is 0 Å². The van der Waals surface area contributed by atoms with Crippen molar-refractivity contribution in [2.75, 3.05) is 6.61 Å². The highest BCUT2D eigenvalue weighted by molar-refractivity contribution is 5.90. The molecule has 2 aliphatic rings. The maximum Gasteiger partial charge on any atom is 0.338 e. The minimum Gasteiger partial charge on any atom is -0.459 e. The van der Waals surface area contributed by atoms with Crippen LogP contribution in [-0.4, -0.2) is 34.8 Å². The number of unbranched alkanes of at least 4 members (excludes halogenated alkanes) is 2. The van der Waals surface area contributed by atoms with Crippen molar-refractivity contribution in [2.45, 2.75) is 129 Å². The molecule has 0 atom stereocenters. The van der Waals surface area contributed by atoms with Gasteiger partial charge in [0.15, 0.2) is 0 Å². The lowest BCUT2D eigenvalue weighted by molar-refractivity contribution is -0.289. The Morgan fingerprint density at radius 1 is 0.821 bits per heavy atom. The van der Waals surface area contributed by atoms with Gasteiger partial charge in [0.1, 0.15) is 6.10 Å². The number of hydrogen-bond acceptors (Lipinski definition) is 4. The van der Waals surface area contributed by atoms with E-state index >= 15 is 0 Å². The van der Waals surface area contributed by atoms with Gasteiger partial charge >= 0.3 is 5.97 Å². The number of carbonyl (C=O) groups excluding carboxylic acids is 1. The van der Waals surface area contributed by atoms with Crippen LogP contribution in [0.1, 0.15) is 128 Å². The van der Waals surface area contributed by atoms with Gasteiger partial charge in [-0.3, -0.25) is 4.84 Å². The van der Waals surface area contributed by atoms with Crippen LogP contribution in [0, 0.1) is 5.92 Å². The van der Waals surface area contributed by atoms with Crippen LogP contribution in [0.5, 0.6) is 0 Å². The summed E-state index contributed by atoms with van der Waals surface area (Å²) in [5, 5.41) is 2.09. The van der Waals surface area contributed by atoms with Gasteiger partial charge in [-0.1, -0.05) is 69.0 Å². The van der Waals surface area contributed by atoms with Gasteiger partial charge in [0, 0.05) is 23.9 Å². The fourth-order valence-electron chi connectivity index (χ4n) is 7.17. The van der Waals surface area contributed by atoms with Crippen molar-refractivity contribution < 1.29 is 14.4 Å². The summed E-state index contributed by atoms with van der Waals surface area (Å²) in [7, 11) is 0. The van der Waals surface area contributed by atoms with Crippen LogP contribution in [-0.2, 0) is 9.57 Å². The minimum absolute atomic E-state index is 0.141. The van der Waals surface area contributed by atoms with Crippen LogP contribution in [0.4, 0.5) is 0 Å². The van der Waals surface area contributed by atoms with E-state index in [-0.39, 0.29) is 23.2 Å². The number of esters is 1. The zero-order chi connectivity index (χ0) is 28.0. The number of ether oxygens (including phenoxy) is 1. The smallest absolute Gasteiger partial charge is 0.338 e. The first-order chi connectivity index (χ1) is 18.6. The Balaban J connectivity index is 1.32. The van der Waals surface area contributed by atoms with Crippen molar-refractivity contribution in [3.8, 4) is 11.1 Å². The summed E-state index contributed by atoms with van der Waals surface area (Å²) in [6, 6.07) is 17.0. The number of carbonyl (C=O) groups is 1. The van der Waals surface area contributed by atoms with Crippen molar-refractivity contribution in [2.24, 2.45) is 5.92 Å². The van der Waals surface area contributed by atoms with E-state index in [4.69, 9.17) is 9.57 Å². The van der Waals surface area contributed by atoms with Crippen molar-refractivity contribution in [3.05, 3.63) is 59.7 Å². The lowest BCUT2D eigenvalue weighted by Gasteiger charge is -2.53. The third-order valence-electron chi connectivity index (χ3n) is 8.98. The van der Waals surface area contributed by atoms with Gasteiger partial charge in [-0.25, -0.2) is 4.79 Å². The predicted molar refractivity (Wildman–Crippen MR) is 161 cm³/mol. The molecule has 0 aromatic heterocycles. The molecule has 0 radical (unpaired) electrons. The molecular formula is C35H51NO3. The minimum atomic E-state index is -0.247. The van der Waals surface area contributed by atoms with Crippen molar-refractivity contribution in [1.29, 1.82) is 0 Å². The number of nitrogens with zero attached hydrogens (tertiary/aromatic N) is 1. The molecule has 1 aliphatic carbocycles. The summed E-state index contributed by atoms with van der Waals surface area (Å²) in [5.74, 6) is 1.40. The summed E-state index contributed by atoms with van der Waals surface area (Å²) in [5.41, 5.74) is 3.98. The Hall–Kier alpha value is -2.17. The monoisotopic (exact) mass is 533 g/mol. The predicted octanol–water partition coefficient (Wildman–Crippen LogP) is 9.34. The van der Waals surface area contributed by atoms with E-state index in [0.29, 0.717) is 18.1 Å². The lowest BCUT2D eigenvalue weighted by Crippen LogP contribution is -2.62. The Bertz CT molecular complexity index is 1030. The molecule has 1 saturated carbocycles. The highest BCUT2D eigenvalue weighted by atomic mass is 16.7. The van der Waals surface area contributed by atoms with E-state index in [1.165, 1.54) is 62.5 Å². The van der Waals surface area contributed by atoms with E-state index in [2.05, 4.69) is 63.9 Å². The number of rotatable bonds is 10. The normalized spacial score (nSPS) is 23.4. The molecular weight excluding hydrogens is 482 g/mol. The van der Waals surface area contributed by atoms with E-state index in [1.807, 2.05) is 31.2 Å². The van der Waals surface area contributed by atoms with Crippen LogP contribution in [0.15, 0.2) is 48.5 Å². The Morgan fingerprint density at radius 2 is 1.38 bits per heavy atom. The molecule has 4 heteroatoms. The van der Waals surface area contributed by atoms with Gasteiger partial charge in [-0.05, 0) is 101 Å². The highest BCUT2D eigenvalue weighted by Crippen LogP contribution is 2.40. The average molecular weight is 534 g/mol. The number of benzene rings is 2. The van der Waals surface area contributed by atoms with Crippen molar-refractivity contribution in [3.63, 3.8) is 0 Å². The van der Waals surface area contributed by atoms with Gasteiger partial charge in [-0.2, -0.15) is 5.06 Å². The van der Waals surface area contributed by atoms with Crippen LogP contribution in [0.3, 0.4) is 0 Å². The second-order valence-electron chi connectivity index (χ2n) is 13.2. The molecule has 1 saturated heterocycles. The third-order valence-corrected chi connectivity index (χ3v) is 8.98.